The number of rotatable bonds is 8. The second-order valence-electron chi connectivity index (χ2n) is 16.8. The molecule has 4 aromatic rings. The van der Waals surface area contributed by atoms with Crippen molar-refractivity contribution < 1.29 is 14.4 Å². The number of carbonyl (C=O) groups excluding carboxylic acids is 3. The maximum absolute atomic E-state index is 14.9. The van der Waals surface area contributed by atoms with Gasteiger partial charge in [-0.05, 0) is 120 Å². The molecule has 5 heterocycles. The molecular formula is C43H50N8O3. The Morgan fingerprint density at radius 1 is 0.870 bits per heavy atom. The van der Waals surface area contributed by atoms with Crippen LogP contribution in [-0.4, -0.2) is 87.4 Å². The number of aryl methyl sites for hydroxylation is 1. The first-order valence-electron chi connectivity index (χ1n) is 20.3. The number of likely N-dealkylation sites (tertiary alicyclic amines) is 2. The topological polar surface area (TPSA) is 116 Å². The molecule has 11 heteroatoms. The van der Waals surface area contributed by atoms with Crippen molar-refractivity contribution in [1.29, 1.82) is 0 Å². The van der Waals surface area contributed by atoms with E-state index in [1.165, 1.54) is 19.3 Å². The van der Waals surface area contributed by atoms with Crippen molar-refractivity contribution in [3.8, 4) is 11.3 Å². The van der Waals surface area contributed by atoms with Crippen LogP contribution in [0.1, 0.15) is 98.2 Å². The number of hydrogen-bond acceptors (Lipinski definition) is 7. The van der Waals surface area contributed by atoms with Gasteiger partial charge in [0.1, 0.15) is 5.52 Å². The molecule has 3 aliphatic carbocycles. The molecule has 5 fully saturated rings. The van der Waals surface area contributed by atoms with Crippen molar-refractivity contribution in [2.75, 3.05) is 43.4 Å². The van der Waals surface area contributed by atoms with Gasteiger partial charge in [0, 0.05) is 66.7 Å². The number of hydrogen-bond donors (Lipinski definition) is 2. The molecule has 2 aromatic carbocycles. The SMILES string of the molecule is CNC(=O)c1cc(Nc2nc(-c3ccc4c(c3)N([C@H]3C[C@@H](N5CCCCC5)C3)C(=O)C43CCN(C(=O)C4CC4)CC3)cc3ncn(C4CC4)c23)ccc1C. The predicted octanol–water partition coefficient (Wildman–Crippen LogP) is 6.48. The van der Waals surface area contributed by atoms with Gasteiger partial charge >= 0.3 is 0 Å². The van der Waals surface area contributed by atoms with Crippen LogP contribution in [0.25, 0.3) is 22.3 Å². The molecule has 280 valence electrons. The van der Waals surface area contributed by atoms with E-state index in [9.17, 15) is 14.4 Å². The minimum Gasteiger partial charge on any atom is -0.355 e. The van der Waals surface area contributed by atoms with Gasteiger partial charge in [-0.1, -0.05) is 24.6 Å². The summed E-state index contributed by atoms with van der Waals surface area (Å²) in [5, 5.41) is 6.33. The van der Waals surface area contributed by atoms with Gasteiger partial charge in [-0.2, -0.15) is 0 Å². The van der Waals surface area contributed by atoms with E-state index in [1.54, 1.807) is 7.05 Å². The van der Waals surface area contributed by atoms with Gasteiger partial charge in [0.2, 0.25) is 11.8 Å². The Bertz CT molecular complexity index is 2170. The minimum absolute atomic E-state index is 0.130. The average Bonchev–Trinajstić information content (AvgIpc) is 4.13. The molecule has 0 radical (unpaired) electrons. The first-order chi connectivity index (χ1) is 26.3. The first-order valence-corrected chi connectivity index (χ1v) is 20.3. The second-order valence-corrected chi connectivity index (χ2v) is 16.8. The van der Waals surface area contributed by atoms with Crippen LogP contribution in [0, 0.1) is 12.8 Å². The molecule has 3 saturated carbocycles. The average molecular weight is 727 g/mol. The van der Waals surface area contributed by atoms with Crippen LogP contribution in [0.4, 0.5) is 17.2 Å². The summed E-state index contributed by atoms with van der Waals surface area (Å²) in [5.41, 5.74) is 7.34. The molecular weight excluding hydrogens is 677 g/mol. The first kappa shape index (κ1) is 33.8. The third kappa shape index (κ3) is 5.60. The highest BCUT2D eigenvalue weighted by molar-refractivity contribution is 6.09. The van der Waals surface area contributed by atoms with E-state index in [0.29, 0.717) is 49.4 Å². The minimum atomic E-state index is -0.606. The Kier molecular flexibility index (Phi) is 8.08. The van der Waals surface area contributed by atoms with Gasteiger partial charge in [-0.25, -0.2) is 9.97 Å². The number of fused-ring (bicyclic) bond motifs is 3. The number of pyridine rings is 1. The summed E-state index contributed by atoms with van der Waals surface area (Å²) in [6.07, 6.45) is 13.3. The number of benzene rings is 2. The number of piperidine rings is 2. The fourth-order valence-electron chi connectivity index (χ4n) is 9.79. The molecule has 6 aliphatic rings. The third-order valence-electron chi connectivity index (χ3n) is 13.4. The molecule has 3 amide bonds. The van der Waals surface area contributed by atoms with Crippen LogP contribution >= 0.6 is 0 Å². The maximum Gasteiger partial charge on any atom is 0.251 e. The van der Waals surface area contributed by atoms with Crippen molar-refractivity contribution >= 4 is 45.9 Å². The molecule has 2 aromatic heterocycles. The largest absolute Gasteiger partial charge is 0.355 e. The van der Waals surface area contributed by atoms with Crippen LogP contribution in [0.2, 0.25) is 0 Å². The fourth-order valence-corrected chi connectivity index (χ4v) is 9.79. The van der Waals surface area contributed by atoms with Gasteiger partial charge in [-0.15, -0.1) is 0 Å². The molecule has 1 spiro atoms. The summed E-state index contributed by atoms with van der Waals surface area (Å²) in [7, 11) is 1.65. The lowest BCUT2D eigenvalue weighted by Gasteiger charge is -2.48. The highest BCUT2D eigenvalue weighted by atomic mass is 16.2. The zero-order chi connectivity index (χ0) is 36.7. The Hall–Kier alpha value is -4.77. The van der Waals surface area contributed by atoms with Gasteiger partial charge in [0.05, 0.1) is 23.0 Å². The molecule has 2 N–H and O–H groups in total. The lowest BCUT2D eigenvalue weighted by atomic mass is 9.73. The van der Waals surface area contributed by atoms with Crippen LogP contribution in [0.5, 0.6) is 0 Å². The standard InChI is InChI=1S/C43H50N8O3/c1-26-6-10-29(21-33(26)40(52)44-2)46-39-38-36(45-25-50(38)30-11-12-30)24-35(47-39)28-9-13-34-37(20-28)51(32-22-31(23-32)48-16-4-3-5-17-48)42(54)43(34)14-18-49(19-15-43)41(53)27-7-8-27/h6,9-10,13,20-21,24-25,27,30-32H,3-5,7-8,11-12,14-19,22-23H2,1-2H3,(H,44,52)(H,46,47)/t31-,32+. The predicted molar refractivity (Wildman–Crippen MR) is 209 cm³/mol. The van der Waals surface area contributed by atoms with Crippen molar-refractivity contribution in [2.45, 2.75) is 101 Å². The normalized spacial score (nSPS) is 23.8. The summed E-state index contributed by atoms with van der Waals surface area (Å²) in [4.78, 5) is 57.6. The summed E-state index contributed by atoms with van der Waals surface area (Å²) in [5.74, 6) is 1.25. The number of imidazole rings is 1. The Labute approximate surface area is 316 Å². The Balaban J connectivity index is 1.02. The summed E-state index contributed by atoms with van der Waals surface area (Å²) in [6, 6.07) is 15.5. The van der Waals surface area contributed by atoms with E-state index in [0.717, 1.165) is 96.4 Å². The smallest absolute Gasteiger partial charge is 0.251 e. The van der Waals surface area contributed by atoms with E-state index in [1.807, 2.05) is 36.4 Å². The van der Waals surface area contributed by atoms with E-state index in [4.69, 9.17) is 9.97 Å². The van der Waals surface area contributed by atoms with Gasteiger partial charge in [0.25, 0.3) is 5.91 Å². The van der Waals surface area contributed by atoms with E-state index in [2.05, 4.69) is 49.3 Å². The zero-order valence-electron chi connectivity index (χ0n) is 31.4. The number of nitrogens with zero attached hydrogens (tertiary/aromatic N) is 6. The van der Waals surface area contributed by atoms with Crippen LogP contribution in [-0.2, 0) is 15.0 Å². The second kappa shape index (κ2) is 12.9. The van der Waals surface area contributed by atoms with Crippen LogP contribution in [0.15, 0.2) is 48.8 Å². The summed E-state index contributed by atoms with van der Waals surface area (Å²) in [6.45, 7) is 5.53. The molecule has 11 nitrogen and oxygen atoms in total. The highest BCUT2D eigenvalue weighted by Gasteiger charge is 2.56. The highest BCUT2D eigenvalue weighted by Crippen LogP contribution is 2.52. The summed E-state index contributed by atoms with van der Waals surface area (Å²) >= 11 is 0. The molecule has 0 unspecified atom stereocenters. The van der Waals surface area contributed by atoms with Gasteiger partial charge < -0.3 is 29.9 Å². The van der Waals surface area contributed by atoms with E-state index < -0.39 is 5.41 Å². The van der Waals surface area contributed by atoms with Crippen molar-refractivity contribution in [1.82, 2.24) is 29.7 Å². The fraction of sp³-hybridized carbons (Fsp3) is 0.512. The molecule has 54 heavy (non-hydrogen) atoms. The molecule has 2 saturated heterocycles. The quantitative estimate of drug-likeness (QED) is 0.214. The number of carbonyl (C=O) groups is 3. The van der Waals surface area contributed by atoms with Gasteiger partial charge in [0.15, 0.2) is 5.82 Å². The number of amides is 3. The zero-order valence-corrected chi connectivity index (χ0v) is 31.4. The van der Waals surface area contributed by atoms with Gasteiger partial charge in [-0.3, -0.25) is 14.4 Å². The lowest BCUT2D eigenvalue weighted by molar-refractivity contribution is -0.137. The molecule has 0 bridgehead atoms. The lowest BCUT2D eigenvalue weighted by Crippen LogP contribution is -2.58. The molecule has 10 rings (SSSR count). The maximum atomic E-state index is 14.9. The van der Waals surface area contributed by atoms with Crippen molar-refractivity contribution in [2.24, 2.45) is 5.92 Å². The molecule has 0 atom stereocenters. The monoisotopic (exact) mass is 726 g/mol. The van der Waals surface area contributed by atoms with Crippen molar-refractivity contribution in [3.05, 3.63) is 65.5 Å². The summed E-state index contributed by atoms with van der Waals surface area (Å²) < 4.78 is 2.23. The van der Waals surface area contributed by atoms with E-state index in [-0.39, 0.29) is 29.7 Å². The third-order valence-corrected chi connectivity index (χ3v) is 13.4. The van der Waals surface area contributed by atoms with E-state index >= 15 is 0 Å². The number of nitrogens with one attached hydrogen (secondary N) is 2. The van der Waals surface area contributed by atoms with Crippen molar-refractivity contribution in [3.63, 3.8) is 0 Å². The van der Waals surface area contributed by atoms with Crippen LogP contribution < -0.4 is 15.5 Å². The number of anilines is 3. The number of aromatic nitrogens is 3. The molecule has 3 aliphatic heterocycles. The Morgan fingerprint density at radius 2 is 1.65 bits per heavy atom. The van der Waals surface area contributed by atoms with Crippen LogP contribution in [0.3, 0.4) is 0 Å². The Morgan fingerprint density at radius 3 is 2.37 bits per heavy atom.